The molecule has 6 rings (SSSR count). The number of alkyl halides is 1. The highest BCUT2D eigenvalue weighted by atomic mass is 19.1. The number of rotatable bonds is 3. The molecule has 32 heavy (non-hydrogen) atoms. The van der Waals surface area contributed by atoms with Crippen molar-refractivity contribution in [1.29, 1.82) is 0 Å². The lowest BCUT2D eigenvalue weighted by Crippen LogP contribution is -2.40. The van der Waals surface area contributed by atoms with Crippen molar-refractivity contribution < 1.29 is 18.0 Å². The van der Waals surface area contributed by atoms with Crippen LogP contribution < -0.4 is 4.90 Å². The Bertz CT molecular complexity index is 1240. The predicted molar refractivity (Wildman–Crippen MR) is 112 cm³/mol. The van der Waals surface area contributed by atoms with Crippen LogP contribution in [-0.2, 0) is 6.42 Å². The van der Waals surface area contributed by atoms with Crippen LogP contribution in [0.3, 0.4) is 0 Å². The van der Waals surface area contributed by atoms with Gasteiger partial charge in [0.25, 0.3) is 0 Å². The van der Waals surface area contributed by atoms with Gasteiger partial charge in [0.15, 0.2) is 0 Å². The summed E-state index contributed by atoms with van der Waals surface area (Å²) in [5.41, 5.74) is 2.46. The number of para-hydroxylation sites is 1. The van der Waals surface area contributed by atoms with Crippen molar-refractivity contribution in [3.8, 4) is 0 Å². The summed E-state index contributed by atoms with van der Waals surface area (Å²) in [4.78, 5) is 24.6. The molecule has 1 atom stereocenters. The number of carbonyl (C=O) groups excluding carboxylic acids is 1. The summed E-state index contributed by atoms with van der Waals surface area (Å²) in [5, 5.41) is 8.99. The zero-order valence-corrected chi connectivity index (χ0v) is 17.2. The fourth-order valence-electron chi connectivity index (χ4n) is 4.51. The van der Waals surface area contributed by atoms with Crippen LogP contribution in [0.4, 0.5) is 10.4 Å². The Labute approximate surface area is 182 Å². The number of amides is 1. The van der Waals surface area contributed by atoms with E-state index in [1.807, 2.05) is 35.2 Å². The predicted octanol–water partition coefficient (Wildman–Crippen LogP) is 3.27. The molecule has 0 aliphatic carbocycles. The van der Waals surface area contributed by atoms with E-state index in [1.54, 1.807) is 11.2 Å². The van der Waals surface area contributed by atoms with Crippen LogP contribution in [0.25, 0.3) is 11.0 Å². The first-order chi connectivity index (χ1) is 15.7. The minimum absolute atomic E-state index is 0.0949. The monoisotopic (exact) mass is 436 g/mol. The first kappa shape index (κ1) is 19.0. The minimum Gasteiger partial charge on any atom is -0.458 e. The number of nitrogens with zero attached hydrogens (tertiary/aromatic N) is 5. The standard InChI is InChI=1S/C22H21FN6O3/c23-14-5-8-28(9-6-14)22-27-26-20(32-22)21(30)29-10-7-15-18(25-12-24-15)19(29)17-11-13-3-1-2-4-16(13)31-17/h1-4,11-12,14,19H,5-10H2,(H,24,25)/t19-/m1/s1. The molecule has 1 fully saturated rings. The molecule has 4 aromatic rings. The first-order valence-corrected chi connectivity index (χ1v) is 10.7. The van der Waals surface area contributed by atoms with Crippen LogP contribution in [0.2, 0.25) is 0 Å². The van der Waals surface area contributed by atoms with Gasteiger partial charge < -0.3 is 23.6 Å². The van der Waals surface area contributed by atoms with E-state index in [9.17, 15) is 9.18 Å². The quantitative estimate of drug-likeness (QED) is 0.526. The Morgan fingerprint density at radius 2 is 1.97 bits per heavy atom. The van der Waals surface area contributed by atoms with Crippen molar-refractivity contribution in [3.05, 3.63) is 59.7 Å². The van der Waals surface area contributed by atoms with Gasteiger partial charge in [0.1, 0.15) is 23.6 Å². The van der Waals surface area contributed by atoms with Gasteiger partial charge in [-0.2, -0.15) is 0 Å². The maximum atomic E-state index is 13.5. The fourth-order valence-corrected chi connectivity index (χ4v) is 4.51. The van der Waals surface area contributed by atoms with Gasteiger partial charge >= 0.3 is 17.8 Å². The number of furan rings is 1. The van der Waals surface area contributed by atoms with E-state index in [0.717, 1.165) is 22.4 Å². The van der Waals surface area contributed by atoms with E-state index in [4.69, 9.17) is 8.83 Å². The number of nitrogens with one attached hydrogen (secondary N) is 1. The van der Waals surface area contributed by atoms with E-state index in [1.165, 1.54) is 0 Å². The van der Waals surface area contributed by atoms with E-state index in [-0.39, 0.29) is 17.8 Å². The summed E-state index contributed by atoms with van der Waals surface area (Å²) < 4.78 is 25.3. The van der Waals surface area contributed by atoms with Crippen molar-refractivity contribution in [2.24, 2.45) is 0 Å². The highest BCUT2D eigenvalue weighted by molar-refractivity contribution is 5.90. The van der Waals surface area contributed by atoms with Gasteiger partial charge in [-0.25, -0.2) is 9.37 Å². The van der Waals surface area contributed by atoms with E-state index < -0.39 is 12.2 Å². The maximum absolute atomic E-state index is 13.5. The number of anilines is 1. The second-order valence-corrected chi connectivity index (χ2v) is 8.16. The van der Waals surface area contributed by atoms with Gasteiger partial charge in [0, 0.05) is 37.1 Å². The molecule has 1 aromatic carbocycles. The molecule has 0 radical (unpaired) electrons. The number of imidazole rings is 1. The van der Waals surface area contributed by atoms with Crippen molar-refractivity contribution in [3.63, 3.8) is 0 Å². The number of benzene rings is 1. The number of fused-ring (bicyclic) bond motifs is 2. The molecule has 164 valence electrons. The molecule has 5 heterocycles. The third kappa shape index (κ3) is 3.14. The van der Waals surface area contributed by atoms with Crippen molar-refractivity contribution in [2.75, 3.05) is 24.5 Å². The second-order valence-electron chi connectivity index (χ2n) is 8.16. The van der Waals surface area contributed by atoms with E-state index >= 15 is 0 Å². The molecule has 1 amide bonds. The average molecular weight is 436 g/mol. The molecule has 0 saturated carbocycles. The smallest absolute Gasteiger partial charge is 0.318 e. The van der Waals surface area contributed by atoms with Gasteiger partial charge in [-0.15, -0.1) is 5.10 Å². The minimum atomic E-state index is -0.809. The van der Waals surface area contributed by atoms with Gasteiger partial charge in [0.05, 0.1) is 12.0 Å². The SMILES string of the molecule is O=C(c1nnc(N2CCC(F)CC2)o1)N1CCc2[nH]cnc2[C@H]1c1cc2ccccc2o1. The van der Waals surface area contributed by atoms with Gasteiger partial charge in [-0.1, -0.05) is 23.3 Å². The summed E-state index contributed by atoms with van der Waals surface area (Å²) in [5.74, 6) is 0.142. The van der Waals surface area contributed by atoms with E-state index in [0.29, 0.717) is 44.7 Å². The molecule has 1 N–H and O–H groups in total. The summed E-state index contributed by atoms with van der Waals surface area (Å²) >= 11 is 0. The van der Waals surface area contributed by atoms with Crippen LogP contribution in [-0.4, -0.2) is 56.8 Å². The number of H-pyrrole nitrogens is 1. The Morgan fingerprint density at radius 1 is 1.12 bits per heavy atom. The van der Waals surface area contributed by atoms with Crippen molar-refractivity contribution in [2.45, 2.75) is 31.5 Å². The topological polar surface area (TPSA) is 104 Å². The van der Waals surface area contributed by atoms with Crippen LogP contribution >= 0.6 is 0 Å². The molecule has 0 unspecified atom stereocenters. The third-order valence-corrected chi connectivity index (χ3v) is 6.19. The average Bonchev–Trinajstić information content (AvgIpc) is 3.57. The second kappa shape index (κ2) is 7.47. The van der Waals surface area contributed by atoms with Gasteiger partial charge in [-0.05, 0) is 25.0 Å². The van der Waals surface area contributed by atoms with Gasteiger partial charge in [0.2, 0.25) is 0 Å². The van der Waals surface area contributed by atoms with Crippen LogP contribution in [0.15, 0.2) is 45.5 Å². The van der Waals surface area contributed by atoms with E-state index in [2.05, 4.69) is 20.2 Å². The number of hydrogen-bond acceptors (Lipinski definition) is 7. The Kier molecular flexibility index (Phi) is 4.44. The summed E-state index contributed by atoms with van der Waals surface area (Å²) in [6.45, 7) is 1.42. The Hall–Kier alpha value is -3.69. The normalized spacial score (nSPS) is 19.5. The molecule has 0 spiro atoms. The number of halogens is 1. The molecular formula is C22H21FN6O3. The van der Waals surface area contributed by atoms with Gasteiger partial charge in [-0.3, -0.25) is 4.79 Å². The zero-order chi connectivity index (χ0) is 21.7. The largest absolute Gasteiger partial charge is 0.458 e. The zero-order valence-electron chi connectivity index (χ0n) is 17.2. The molecule has 2 aliphatic rings. The Morgan fingerprint density at radius 3 is 2.81 bits per heavy atom. The molecular weight excluding hydrogens is 415 g/mol. The number of aromatic nitrogens is 4. The molecule has 10 heteroatoms. The lowest BCUT2D eigenvalue weighted by atomic mass is 10.00. The lowest BCUT2D eigenvalue weighted by molar-refractivity contribution is 0.0632. The lowest BCUT2D eigenvalue weighted by Gasteiger charge is -2.32. The van der Waals surface area contributed by atoms with Crippen molar-refractivity contribution in [1.82, 2.24) is 25.1 Å². The molecule has 3 aromatic heterocycles. The molecule has 1 saturated heterocycles. The van der Waals surface area contributed by atoms with Crippen LogP contribution in [0.5, 0.6) is 0 Å². The van der Waals surface area contributed by atoms with Crippen LogP contribution in [0.1, 0.15) is 46.7 Å². The number of hydrogen-bond donors (Lipinski definition) is 1. The molecule has 2 aliphatic heterocycles. The molecule has 0 bridgehead atoms. The van der Waals surface area contributed by atoms with Crippen molar-refractivity contribution >= 4 is 22.9 Å². The first-order valence-electron chi connectivity index (χ1n) is 10.7. The molecule has 9 nitrogen and oxygen atoms in total. The highest BCUT2D eigenvalue weighted by Crippen LogP contribution is 2.37. The Balaban J connectivity index is 1.33. The third-order valence-electron chi connectivity index (χ3n) is 6.19. The summed E-state index contributed by atoms with van der Waals surface area (Å²) in [6.07, 6.45) is 2.27. The summed E-state index contributed by atoms with van der Waals surface area (Å²) in [6, 6.07) is 9.38. The number of piperidine rings is 1. The number of carbonyl (C=O) groups is 1. The number of aromatic amines is 1. The maximum Gasteiger partial charge on any atom is 0.318 e. The summed E-state index contributed by atoms with van der Waals surface area (Å²) in [7, 11) is 0. The fraction of sp³-hybridized carbons (Fsp3) is 0.364. The highest BCUT2D eigenvalue weighted by Gasteiger charge is 2.39. The van der Waals surface area contributed by atoms with Crippen LogP contribution in [0, 0.1) is 0 Å².